The van der Waals surface area contributed by atoms with E-state index < -0.39 is 14.6 Å². The lowest BCUT2D eigenvalue weighted by Crippen LogP contribution is -2.44. The normalized spacial score (nSPS) is 17.2. The van der Waals surface area contributed by atoms with E-state index in [4.69, 9.17) is 4.74 Å². The van der Waals surface area contributed by atoms with Crippen LogP contribution in [0.25, 0.3) is 0 Å². The fourth-order valence-electron chi connectivity index (χ4n) is 3.38. The molecule has 7 nitrogen and oxygen atoms in total. The van der Waals surface area contributed by atoms with Crippen LogP contribution in [-0.2, 0) is 9.84 Å². The van der Waals surface area contributed by atoms with Gasteiger partial charge in [0.25, 0.3) is 0 Å². The third-order valence-corrected chi connectivity index (χ3v) is 7.95. The molecule has 0 radical (unpaired) electrons. The van der Waals surface area contributed by atoms with Crippen LogP contribution >= 0.6 is 0 Å². The van der Waals surface area contributed by atoms with E-state index in [1.807, 2.05) is 12.1 Å². The summed E-state index contributed by atoms with van der Waals surface area (Å²) < 4.78 is 29.2. The molecule has 1 unspecified atom stereocenters. The average Bonchev–Trinajstić information content (AvgIpc) is 3.20. The highest BCUT2D eigenvalue weighted by molar-refractivity contribution is 7.92. The van der Waals surface area contributed by atoms with Crippen molar-refractivity contribution in [3.05, 3.63) is 29.8 Å². The summed E-state index contributed by atoms with van der Waals surface area (Å²) in [5.41, 5.74) is 1.20. The molecule has 0 amide bonds. The maximum atomic E-state index is 12.3. The lowest BCUT2D eigenvalue weighted by Gasteiger charge is -2.29. The van der Waals surface area contributed by atoms with Crippen molar-refractivity contribution in [1.82, 2.24) is 15.5 Å². The molecule has 29 heavy (non-hydrogen) atoms. The van der Waals surface area contributed by atoms with Gasteiger partial charge >= 0.3 is 0 Å². The Morgan fingerprint density at radius 3 is 2.52 bits per heavy atom. The zero-order valence-electron chi connectivity index (χ0n) is 18.4. The zero-order valence-corrected chi connectivity index (χ0v) is 19.2. The second-order valence-corrected chi connectivity index (χ2v) is 11.2. The first-order chi connectivity index (χ1) is 13.7. The van der Waals surface area contributed by atoms with Gasteiger partial charge in [-0.25, -0.2) is 8.42 Å². The van der Waals surface area contributed by atoms with Crippen molar-refractivity contribution in [1.29, 1.82) is 0 Å². The molecular formula is C21H36N4O3S. The van der Waals surface area contributed by atoms with Gasteiger partial charge < -0.3 is 15.4 Å². The maximum absolute atomic E-state index is 12.3. The van der Waals surface area contributed by atoms with Crippen molar-refractivity contribution in [2.45, 2.75) is 44.4 Å². The molecular weight excluding hydrogens is 388 g/mol. The van der Waals surface area contributed by atoms with Crippen molar-refractivity contribution >= 4 is 15.8 Å². The zero-order chi connectivity index (χ0) is 21.5. The minimum Gasteiger partial charge on any atom is -0.497 e. The number of aliphatic imine (C=N–C) groups is 1. The molecule has 2 rings (SSSR count). The summed E-state index contributed by atoms with van der Waals surface area (Å²) >= 11 is 0. The van der Waals surface area contributed by atoms with Crippen LogP contribution in [0.1, 0.15) is 45.2 Å². The van der Waals surface area contributed by atoms with Gasteiger partial charge in [0.1, 0.15) is 5.75 Å². The van der Waals surface area contributed by atoms with Gasteiger partial charge in [0.05, 0.1) is 23.7 Å². The Hall–Kier alpha value is -1.80. The van der Waals surface area contributed by atoms with Gasteiger partial charge in [-0.2, -0.15) is 0 Å². The van der Waals surface area contributed by atoms with Crippen LogP contribution in [0.2, 0.25) is 0 Å². The summed E-state index contributed by atoms with van der Waals surface area (Å²) in [6, 6.07) is 8.37. The van der Waals surface area contributed by atoms with Gasteiger partial charge in [-0.05, 0) is 64.4 Å². The third-order valence-electron chi connectivity index (χ3n) is 5.34. The van der Waals surface area contributed by atoms with Crippen LogP contribution < -0.4 is 15.4 Å². The van der Waals surface area contributed by atoms with Crippen molar-refractivity contribution in [2.75, 3.05) is 46.1 Å². The lowest BCUT2D eigenvalue weighted by atomic mass is 10.1. The number of nitrogens with one attached hydrogen (secondary N) is 2. The summed E-state index contributed by atoms with van der Waals surface area (Å²) in [4.78, 5) is 6.72. The molecule has 0 spiro atoms. The van der Waals surface area contributed by atoms with Crippen molar-refractivity contribution in [2.24, 2.45) is 4.99 Å². The molecule has 1 heterocycles. The van der Waals surface area contributed by atoms with E-state index in [0.717, 1.165) is 18.8 Å². The van der Waals surface area contributed by atoms with Gasteiger partial charge in [-0.1, -0.05) is 12.1 Å². The fraction of sp³-hybridized carbons (Fsp3) is 0.667. The molecule has 1 aliphatic heterocycles. The van der Waals surface area contributed by atoms with E-state index in [-0.39, 0.29) is 11.8 Å². The first-order valence-corrected chi connectivity index (χ1v) is 11.9. The maximum Gasteiger partial charge on any atom is 0.191 e. The largest absolute Gasteiger partial charge is 0.497 e. The smallest absolute Gasteiger partial charge is 0.191 e. The minimum absolute atomic E-state index is 0.0721. The van der Waals surface area contributed by atoms with E-state index in [0.29, 0.717) is 19.0 Å². The van der Waals surface area contributed by atoms with Crippen LogP contribution in [0.3, 0.4) is 0 Å². The molecule has 1 saturated heterocycles. The molecule has 0 saturated carbocycles. The van der Waals surface area contributed by atoms with E-state index >= 15 is 0 Å². The highest BCUT2D eigenvalue weighted by Crippen LogP contribution is 2.27. The number of methoxy groups -OCH3 is 1. The first-order valence-electron chi connectivity index (χ1n) is 10.2. The van der Waals surface area contributed by atoms with Crippen molar-refractivity contribution in [3.8, 4) is 5.75 Å². The molecule has 1 aromatic rings. The van der Waals surface area contributed by atoms with E-state index in [9.17, 15) is 8.42 Å². The minimum atomic E-state index is -3.16. The van der Waals surface area contributed by atoms with Gasteiger partial charge in [0, 0.05) is 20.1 Å². The van der Waals surface area contributed by atoms with Crippen LogP contribution in [-0.4, -0.2) is 70.1 Å². The standard InChI is InChI=1S/C21H36N4O3S/c1-21(2,3)29(26,27)14-11-23-20(22-4)24-16-19(25-12-6-7-13-25)17-9-8-10-18(15-17)28-5/h8-10,15,19H,6-7,11-14,16H2,1-5H3,(H2,22,23,24). The summed E-state index contributed by atoms with van der Waals surface area (Å²) in [5, 5.41) is 6.50. The number of hydrogen-bond acceptors (Lipinski definition) is 5. The summed E-state index contributed by atoms with van der Waals surface area (Å²) in [6.07, 6.45) is 2.41. The van der Waals surface area contributed by atoms with Crippen molar-refractivity contribution < 1.29 is 13.2 Å². The number of sulfone groups is 1. The van der Waals surface area contributed by atoms with Crippen molar-refractivity contribution in [3.63, 3.8) is 0 Å². The summed E-state index contributed by atoms with van der Waals surface area (Å²) in [7, 11) is 0.215. The van der Waals surface area contributed by atoms with Crippen LogP contribution in [0.5, 0.6) is 5.75 Å². The van der Waals surface area contributed by atoms with Gasteiger partial charge in [-0.15, -0.1) is 0 Å². The number of benzene rings is 1. The van der Waals surface area contributed by atoms with E-state index in [1.54, 1.807) is 34.9 Å². The molecule has 2 N–H and O–H groups in total. The highest BCUT2D eigenvalue weighted by Gasteiger charge is 2.28. The number of ether oxygens (including phenoxy) is 1. The quantitative estimate of drug-likeness (QED) is 0.492. The molecule has 0 aromatic heterocycles. The lowest BCUT2D eigenvalue weighted by molar-refractivity contribution is 0.245. The van der Waals surface area contributed by atoms with Gasteiger partial charge in [-0.3, -0.25) is 9.89 Å². The molecule has 1 aliphatic rings. The molecule has 0 aliphatic carbocycles. The molecule has 164 valence electrons. The predicted octanol–water partition coefficient (Wildman–Crippen LogP) is 2.21. The summed E-state index contributed by atoms with van der Waals surface area (Å²) in [5.74, 6) is 1.53. The Labute approximate surface area is 175 Å². The number of nitrogens with zero attached hydrogens (tertiary/aromatic N) is 2. The second kappa shape index (κ2) is 10.3. The predicted molar refractivity (Wildman–Crippen MR) is 119 cm³/mol. The topological polar surface area (TPSA) is 83.0 Å². The average molecular weight is 425 g/mol. The van der Waals surface area contributed by atoms with Crippen LogP contribution in [0, 0.1) is 0 Å². The third kappa shape index (κ3) is 6.60. The van der Waals surface area contributed by atoms with E-state index in [1.165, 1.54) is 18.4 Å². The Kier molecular flexibility index (Phi) is 8.34. The SMILES string of the molecule is CN=C(NCCS(=O)(=O)C(C)(C)C)NCC(c1cccc(OC)c1)N1CCCC1. The highest BCUT2D eigenvalue weighted by atomic mass is 32.2. The monoisotopic (exact) mass is 424 g/mol. The summed E-state index contributed by atoms with van der Waals surface area (Å²) in [6.45, 7) is 8.32. The number of likely N-dealkylation sites (tertiary alicyclic amines) is 1. The molecule has 8 heteroatoms. The van der Waals surface area contributed by atoms with Gasteiger partial charge in [0.2, 0.25) is 0 Å². The number of rotatable bonds is 8. The Balaban J connectivity index is 1.99. The number of guanidine groups is 1. The van der Waals surface area contributed by atoms with E-state index in [2.05, 4.69) is 32.7 Å². The molecule has 1 aromatic carbocycles. The molecule has 1 fully saturated rings. The fourth-order valence-corrected chi connectivity index (χ4v) is 4.37. The number of hydrogen-bond donors (Lipinski definition) is 2. The van der Waals surface area contributed by atoms with Crippen LogP contribution in [0.15, 0.2) is 29.3 Å². The Morgan fingerprint density at radius 2 is 1.93 bits per heavy atom. The van der Waals surface area contributed by atoms with Gasteiger partial charge in [0.15, 0.2) is 15.8 Å². The second-order valence-electron chi connectivity index (χ2n) is 8.35. The molecule has 1 atom stereocenters. The molecule has 0 bridgehead atoms. The Morgan fingerprint density at radius 1 is 1.24 bits per heavy atom. The Bertz CT molecular complexity index is 781. The van der Waals surface area contributed by atoms with Crippen LogP contribution in [0.4, 0.5) is 0 Å². The first kappa shape index (κ1) is 23.5.